The molecule has 1 aromatic heterocycles. The Morgan fingerprint density at radius 1 is 1.19 bits per heavy atom. The van der Waals surface area contributed by atoms with Gasteiger partial charge in [0, 0.05) is 11.6 Å². The predicted molar refractivity (Wildman–Crippen MR) is 105 cm³/mol. The molecule has 0 bridgehead atoms. The molecule has 2 aromatic carbocycles. The van der Waals surface area contributed by atoms with Crippen LogP contribution in [0, 0.1) is 0 Å². The highest BCUT2D eigenvalue weighted by molar-refractivity contribution is 5.87. The first-order valence-electron chi connectivity index (χ1n) is 8.69. The van der Waals surface area contributed by atoms with E-state index < -0.39 is 0 Å². The normalized spacial score (nSPS) is 11.0. The van der Waals surface area contributed by atoms with Crippen LogP contribution >= 0.6 is 0 Å². The van der Waals surface area contributed by atoms with E-state index in [0.717, 1.165) is 5.56 Å². The number of fused-ring (bicyclic) bond motifs is 1. The number of pyridine rings is 1. The minimum Gasteiger partial charge on any atom is -0.508 e. The van der Waals surface area contributed by atoms with Gasteiger partial charge in [-0.3, -0.25) is 14.2 Å². The minimum atomic E-state index is -0.333. The Bertz CT molecular complexity index is 1050. The molecular formula is C21H22N2O4. The van der Waals surface area contributed by atoms with Gasteiger partial charge in [-0.15, -0.1) is 0 Å². The first-order valence-corrected chi connectivity index (χ1v) is 8.69. The molecule has 27 heavy (non-hydrogen) atoms. The highest BCUT2D eigenvalue weighted by Gasteiger charge is 2.15. The van der Waals surface area contributed by atoms with Crippen molar-refractivity contribution in [2.24, 2.45) is 0 Å². The molecule has 0 unspecified atom stereocenters. The summed E-state index contributed by atoms with van der Waals surface area (Å²) in [6.45, 7) is 3.61. The maximum atomic E-state index is 13.1. The van der Waals surface area contributed by atoms with Crippen molar-refractivity contribution in [3.05, 3.63) is 58.9 Å². The van der Waals surface area contributed by atoms with Crippen molar-refractivity contribution in [2.75, 3.05) is 7.11 Å². The van der Waals surface area contributed by atoms with E-state index in [-0.39, 0.29) is 29.8 Å². The number of ether oxygens (including phenoxy) is 1. The molecule has 0 radical (unpaired) electrons. The predicted octanol–water partition coefficient (Wildman–Crippen LogP) is 2.91. The Kier molecular flexibility index (Phi) is 5.16. The fourth-order valence-corrected chi connectivity index (χ4v) is 3.03. The van der Waals surface area contributed by atoms with Gasteiger partial charge in [0.2, 0.25) is 5.91 Å². The van der Waals surface area contributed by atoms with E-state index in [0.29, 0.717) is 22.2 Å². The third-order valence-corrected chi connectivity index (χ3v) is 4.21. The average molecular weight is 366 g/mol. The van der Waals surface area contributed by atoms with Crippen LogP contribution in [0.15, 0.2) is 53.3 Å². The standard InChI is InChI=1S/C21H22N2O4/c1-13(2)22-20(25)12-23-19(15-5-4-6-17(9-15)27-3)10-14-7-8-16(24)11-18(14)21(23)26/h4-11,13,24H,12H2,1-3H3,(H,22,25). The van der Waals surface area contributed by atoms with E-state index in [2.05, 4.69) is 5.32 Å². The average Bonchev–Trinajstić information content (AvgIpc) is 2.63. The lowest BCUT2D eigenvalue weighted by molar-refractivity contribution is -0.122. The molecule has 0 saturated carbocycles. The molecule has 6 heteroatoms. The summed E-state index contributed by atoms with van der Waals surface area (Å²) in [5.74, 6) is 0.409. The summed E-state index contributed by atoms with van der Waals surface area (Å²) in [6.07, 6.45) is 0. The van der Waals surface area contributed by atoms with Crippen molar-refractivity contribution >= 4 is 16.7 Å². The van der Waals surface area contributed by atoms with Crippen molar-refractivity contribution in [3.63, 3.8) is 0 Å². The summed E-state index contributed by atoms with van der Waals surface area (Å²) in [4.78, 5) is 25.4. The molecule has 0 fully saturated rings. The molecule has 3 rings (SSSR count). The number of hydrogen-bond acceptors (Lipinski definition) is 4. The summed E-state index contributed by atoms with van der Waals surface area (Å²) in [5.41, 5.74) is 1.04. The van der Waals surface area contributed by atoms with Crippen LogP contribution < -0.4 is 15.6 Å². The minimum absolute atomic E-state index is 0.00640. The smallest absolute Gasteiger partial charge is 0.259 e. The van der Waals surface area contributed by atoms with Crippen molar-refractivity contribution in [3.8, 4) is 22.8 Å². The molecular weight excluding hydrogens is 344 g/mol. The van der Waals surface area contributed by atoms with E-state index in [1.807, 2.05) is 44.2 Å². The number of benzene rings is 2. The lowest BCUT2D eigenvalue weighted by atomic mass is 10.1. The number of rotatable bonds is 5. The van der Waals surface area contributed by atoms with E-state index in [9.17, 15) is 14.7 Å². The van der Waals surface area contributed by atoms with E-state index >= 15 is 0 Å². The van der Waals surface area contributed by atoms with Crippen LogP contribution in [0.25, 0.3) is 22.0 Å². The summed E-state index contributed by atoms with van der Waals surface area (Å²) in [6, 6.07) is 13.8. The van der Waals surface area contributed by atoms with Gasteiger partial charge in [0.25, 0.3) is 5.56 Å². The maximum Gasteiger partial charge on any atom is 0.259 e. The molecule has 0 atom stereocenters. The first-order chi connectivity index (χ1) is 12.9. The third kappa shape index (κ3) is 3.95. The fraction of sp³-hybridized carbons (Fsp3) is 0.238. The molecule has 140 valence electrons. The zero-order valence-electron chi connectivity index (χ0n) is 15.5. The van der Waals surface area contributed by atoms with Crippen LogP contribution in [0.4, 0.5) is 0 Å². The monoisotopic (exact) mass is 366 g/mol. The van der Waals surface area contributed by atoms with E-state index in [1.54, 1.807) is 13.2 Å². The van der Waals surface area contributed by atoms with Crippen molar-refractivity contribution in [2.45, 2.75) is 26.4 Å². The van der Waals surface area contributed by atoms with Crippen molar-refractivity contribution in [1.82, 2.24) is 9.88 Å². The maximum absolute atomic E-state index is 13.1. The van der Waals surface area contributed by atoms with Crippen LogP contribution in [0.5, 0.6) is 11.5 Å². The summed E-state index contributed by atoms with van der Waals surface area (Å²) in [5, 5.41) is 13.6. The number of nitrogens with one attached hydrogen (secondary N) is 1. The molecule has 0 aliphatic carbocycles. The van der Waals surface area contributed by atoms with Crippen molar-refractivity contribution in [1.29, 1.82) is 0 Å². The number of phenolic OH excluding ortho intramolecular Hbond substituents is 1. The molecule has 0 spiro atoms. The molecule has 1 amide bonds. The zero-order chi connectivity index (χ0) is 19.6. The number of phenols is 1. The topological polar surface area (TPSA) is 80.6 Å². The zero-order valence-corrected chi connectivity index (χ0v) is 15.5. The van der Waals surface area contributed by atoms with E-state index in [1.165, 1.54) is 16.7 Å². The molecule has 0 aliphatic rings. The Labute approximate surface area is 157 Å². The number of nitrogens with zero attached hydrogens (tertiary/aromatic N) is 1. The number of methoxy groups -OCH3 is 1. The molecule has 3 aromatic rings. The van der Waals surface area contributed by atoms with Gasteiger partial charge in [0.1, 0.15) is 18.0 Å². The lowest BCUT2D eigenvalue weighted by Crippen LogP contribution is -2.36. The second kappa shape index (κ2) is 7.53. The number of aromatic nitrogens is 1. The summed E-state index contributed by atoms with van der Waals surface area (Å²) < 4.78 is 6.71. The van der Waals surface area contributed by atoms with Gasteiger partial charge >= 0.3 is 0 Å². The Morgan fingerprint density at radius 3 is 2.67 bits per heavy atom. The Morgan fingerprint density at radius 2 is 1.96 bits per heavy atom. The second-order valence-corrected chi connectivity index (χ2v) is 6.65. The lowest BCUT2D eigenvalue weighted by Gasteiger charge is -2.16. The van der Waals surface area contributed by atoms with Gasteiger partial charge < -0.3 is 15.2 Å². The highest BCUT2D eigenvalue weighted by atomic mass is 16.5. The summed E-state index contributed by atoms with van der Waals surface area (Å²) >= 11 is 0. The van der Waals surface area contributed by atoms with Gasteiger partial charge in [-0.2, -0.15) is 0 Å². The first kappa shape index (κ1) is 18.5. The number of carbonyl (C=O) groups excluding carboxylic acids is 1. The summed E-state index contributed by atoms with van der Waals surface area (Å²) in [7, 11) is 1.57. The molecule has 0 aliphatic heterocycles. The largest absolute Gasteiger partial charge is 0.508 e. The molecule has 6 nitrogen and oxygen atoms in total. The number of aromatic hydroxyl groups is 1. The quantitative estimate of drug-likeness (QED) is 0.728. The van der Waals surface area contributed by atoms with Gasteiger partial charge in [0.15, 0.2) is 0 Å². The van der Waals surface area contributed by atoms with Crippen LogP contribution in [0.2, 0.25) is 0 Å². The fourth-order valence-electron chi connectivity index (χ4n) is 3.03. The highest BCUT2D eigenvalue weighted by Crippen LogP contribution is 2.27. The van der Waals surface area contributed by atoms with Gasteiger partial charge in [-0.1, -0.05) is 18.2 Å². The van der Waals surface area contributed by atoms with Gasteiger partial charge in [0.05, 0.1) is 18.2 Å². The van der Waals surface area contributed by atoms with Crippen LogP contribution in [-0.2, 0) is 11.3 Å². The van der Waals surface area contributed by atoms with Crippen LogP contribution in [-0.4, -0.2) is 28.7 Å². The molecule has 2 N–H and O–H groups in total. The van der Waals surface area contributed by atoms with Gasteiger partial charge in [-0.25, -0.2) is 0 Å². The van der Waals surface area contributed by atoms with Crippen LogP contribution in [0.3, 0.4) is 0 Å². The SMILES string of the molecule is COc1cccc(-c2cc3ccc(O)cc3c(=O)n2CC(=O)NC(C)C)c1. The molecule has 0 saturated heterocycles. The second-order valence-electron chi connectivity index (χ2n) is 6.65. The van der Waals surface area contributed by atoms with Gasteiger partial charge in [-0.05, 0) is 49.6 Å². The number of carbonyl (C=O) groups is 1. The van der Waals surface area contributed by atoms with Crippen LogP contribution in [0.1, 0.15) is 13.8 Å². The Hall–Kier alpha value is -3.28. The van der Waals surface area contributed by atoms with E-state index in [4.69, 9.17) is 4.74 Å². The number of hydrogen-bond donors (Lipinski definition) is 2. The Balaban J connectivity index is 2.23. The third-order valence-electron chi connectivity index (χ3n) is 4.21. The number of amides is 1. The molecule has 1 heterocycles. The van der Waals surface area contributed by atoms with Crippen molar-refractivity contribution < 1.29 is 14.6 Å².